The molecule has 0 unspecified atom stereocenters. The normalized spacial score (nSPS) is 7.20. The molecule has 35 heavy (non-hydrogen) atoms. The summed E-state index contributed by atoms with van der Waals surface area (Å²) in [5.74, 6) is 0. The Morgan fingerprint density at radius 3 is 0.400 bits per heavy atom. The second-order valence-corrected chi connectivity index (χ2v) is 6.46. The second-order valence-electron chi connectivity index (χ2n) is 6.46. The molecule has 0 aromatic carbocycles. The van der Waals surface area contributed by atoms with Crippen LogP contribution in [0, 0.1) is 0 Å². The van der Waals surface area contributed by atoms with Gasteiger partial charge in [-0.2, -0.15) is 0 Å². The van der Waals surface area contributed by atoms with Crippen LogP contribution in [0.15, 0.2) is 0 Å². The monoisotopic (exact) mass is 600 g/mol. The van der Waals surface area contributed by atoms with Crippen LogP contribution in [0.1, 0.15) is 119 Å². The van der Waals surface area contributed by atoms with Gasteiger partial charge < -0.3 is 41.6 Å². The van der Waals surface area contributed by atoms with Crippen molar-refractivity contribution >= 4 is 23.1 Å². The Morgan fingerprint density at radius 1 is 0.314 bits per heavy atom. The number of hydrogen-bond acceptors (Lipinski definition) is 6. The van der Waals surface area contributed by atoms with Gasteiger partial charge in [0.05, 0.1) is 0 Å². The summed E-state index contributed by atoms with van der Waals surface area (Å²) in [7, 11) is 0. The Bertz CT molecular complexity index is 135. The van der Waals surface area contributed by atoms with E-state index in [4.69, 9.17) is 30.6 Å². The minimum atomic E-state index is 0. The summed E-state index contributed by atoms with van der Waals surface area (Å²) >= 11 is 0. The molecule has 0 aromatic rings. The molecule has 0 rings (SSSR count). The van der Waals surface area contributed by atoms with E-state index in [0.29, 0.717) is 39.6 Å². The number of unbranched alkanes of at least 4 members (excludes halogenated alkanes) is 6. The standard InChI is InChI=1S/6C4H10O.Mg.2H2O.2Ti/c6*1-2-3-4-5;;;;;/h6*5H,2-4H2,1H3;;2*1H2;;/q;;;;;;+2;;;;. The van der Waals surface area contributed by atoms with Crippen LogP contribution in [-0.2, 0) is 43.4 Å². The molecule has 0 aromatic heterocycles. The SMILES string of the molecule is CCCCO.CCCCO.CCCCO.CCCCO.CCCCO.CCCCO.O.O.[Mg+2].[Ti].[Ti]. The van der Waals surface area contributed by atoms with E-state index in [1.165, 1.54) is 0 Å². The molecule has 0 saturated heterocycles. The molecule has 0 radical (unpaired) electrons. The zero-order valence-electron chi connectivity index (χ0n) is 24.1. The van der Waals surface area contributed by atoms with E-state index < -0.39 is 0 Å². The van der Waals surface area contributed by atoms with Crippen LogP contribution in [-0.4, -0.2) is 104 Å². The molecular formula is C24H64MgO8Ti2+2. The third-order valence-corrected chi connectivity index (χ3v) is 3.07. The molecular weight excluding hydrogens is 536 g/mol. The molecule has 0 spiro atoms. The zero-order valence-corrected chi connectivity index (χ0v) is 28.7. The Labute approximate surface area is 264 Å². The molecule has 10 N–H and O–H groups in total. The van der Waals surface area contributed by atoms with Crippen LogP contribution < -0.4 is 0 Å². The molecule has 0 saturated carbocycles. The van der Waals surface area contributed by atoms with Gasteiger partial charge in [-0.1, -0.05) is 80.1 Å². The molecule has 0 bridgehead atoms. The van der Waals surface area contributed by atoms with E-state index in [-0.39, 0.29) is 77.4 Å². The number of aliphatic hydroxyl groups is 6. The fraction of sp³-hybridized carbons (Fsp3) is 1.00. The van der Waals surface area contributed by atoms with Gasteiger partial charge >= 0.3 is 23.1 Å². The van der Waals surface area contributed by atoms with E-state index in [1.807, 2.05) is 0 Å². The summed E-state index contributed by atoms with van der Waals surface area (Å²) in [6.45, 7) is 14.4. The van der Waals surface area contributed by atoms with Gasteiger partial charge in [0, 0.05) is 83.1 Å². The van der Waals surface area contributed by atoms with Gasteiger partial charge in [0.15, 0.2) is 0 Å². The fourth-order valence-electron chi connectivity index (χ4n) is 0.949. The van der Waals surface area contributed by atoms with Crippen molar-refractivity contribution in [1.82, 2.24) is 0 Å². The van der Waals surface area contributed by atoms with Crippen molar-refractivity contribution in [1.29, 1.82) is 0 Å². The Kier molecular flexibility index (Phi) is 224. The second kappa shape index (κ2) is 110. The van der Waals surface area contributed by atoms with E-state index >= 15 is 0 Å². The molecule has 0 atom stereocenters. The average molecular weight is 601 g/mol. The minimum Gasteiger partial charge on any atom is -0.412 e. The first-order valence-corrected chi connectivity index (χ1v) is 12.1. The summed E-state index contributed by atoms with van der Waals surface area (Å²) in [4.78, 5) is 0. The van der Waals surface area contributed by atoms with E-state index in [9.17, 15) is 0 Å². The summed E-state index contributed by atoms with van der Waals surface area (Å²) in [6, 6.07) is 0. The Hall–Kier alpha value is 1.87. The predicted octanol–water partition coefficient (Wildman–Crippen LogP) is 2.64. The molecule has 0 aliphatic rings. The van der Waals surface area contributed by atoms with Crippen LogP contribution in [0.3, 0.4) is 0 Å². The van der Waals surface area contributed by atoms with Crippen molar-refractivity contribution in [2.45, 2.75) is 119 Å². The van der Waals surface area contributed by atoms with Crippen molar-refractivity contribution in [3.8, 4) is 0 Å². The summed E-state index contributed by atoms with van der Waals surface area (Å²) in [5.41, 5.74) is 0. The summed E-state index contributed by atoms with van der Waals surface area (Å²) in [6.07, 6.45) is 12.2. The maximum Gasteiger partial charge on any atom is 2.00 e. The third-order valence-electron chi connectivity index (χ3n) is 3.07. The van der Waals surface area contributed by atoms with E-state index in [1.54, 1.807) is 0 Å². The van der Waals surface area contributed by atoms with Gasteiger partial charge in [-0.15, -0.1) is 0 Å². The largest absolute Gasteiger partial charge is 2.00 e. The van der Waals surface area contributed by atoms with Crippen molar-refractivity contribution in [3.63, 3.8) is 0 Å². The molecule has 0 fully saturated rings. The quantitative estimate of drug-likeness (QED) is 0.187. The molecule has 0 aliphatic carbocycles. The first-order chi connectivity index (χ1) is 14.5. The predicted molar refractivity (Wildman–Crippen MR) is 145 cm³/mol. The van der Waals surface area contributed by atoms with Crippen LogP contribution >= 0.6 is 0 Å². The van der Waals surface area contributed by atoms with Crippen molar-refractivity contribution < 1.29 is 85.0 Å². The zero-order chi connectivity index (χ0) is 24.7. The van der Waals surface area contributed by atoms with Crippen molar-refractivity contribution in [3.05, 3.63) is 0 Å². The molecule has 0 aliphatic heterocycles. The van der Waals surface area contributed by atoms with Crippen LogP contribution in [0.25, 0.3) is 0 Å². The maximum absolute atomic E-state index is 8.07. The summed E-state index contributed by atoms with van der Waals surface area (Å²) < 4.78 is 0. The number of rotatable bonds is 12. The van der Waals surface area contributed by atoms with Crippen LogP contribution in [0.2, 0.25) is 0 Å². The molecule has 216 valence electrons. The average Bonchev–Trinajstić information content (AvgIpc) is 2.74. The van der Waals surface area contributed by atoms with Gasteiger partial charge in [0.1, 0.15) is 0 Å². The molecule has 0 heterocycles. The number of aliphatic hydroxyl groups excluding tert-OH is 6. The first-order valence-electron chi connectivity index (χ1n) is 12.1. The van der Waals surface area contributed by atoms with E-state index in [0.717, 1.165) is 77.0 Å². The first kappa shape index (κ1) is 70.9. The molecule has 0 amide bonds. The third kappa shape index (κ3) is 214. The smallest absolute Gasteiger partial charge is 0.412 e. The molecule has 11 heteroatoms. The van der Waals surface area contributed by atoms with Crippen LogP contribution in [0.5, 0.6) is 0 Å². The molecule has 8 nitrogen and oxygen atoms in total. The Morgan fingerprint density at radius 2 is 0.400 bits per heavy atom. The fourth-order valence-corrected chi connectivity index (χ4v) is 0.949. The van der Waals surface area contributed by atoms with Gasteiger partial charge in [-0.3, -0.25) is 0 Å². The van der Waals surface area contributed by atoms with Gasteiger partial charge in [-0.05, 0) is 38.5 Å². The maximum atomic E-state index is 8.07. The number of hydrogen-bond donors (Lipinski definition) is 6. The minimum absolute atomic E-state index is 0. The van der Waals surface area contributed by atoms with Crippen LogP contribution in [0.4, 0.5) is 0 Å². The summed E-state index contributed by atoms with van der Waals surface area (Å²) in [5, 5.41) is 48.4. The Balaban J connectivity index is -0.0000000213. The van der Waals surface area contributed by atoms with E-state index in [2.05, 4.69) is 41.5 Å². The van der Waals surface area contributed by atoms with Gasteiger partial charge in [-0.25, -0.2) is 0 Å². The van der Waals surface area contributed by atoms with Crippen molar-refractivity contribution in [2.75, 3.05) is 39.6 Å². The van der Waals surface area contributed by atoms with Gasteiger partial charge in [0.25, 0.3) is 0 Å². The van der Waals surface area contributed by atoms with Crippen molar-refractivity contribution in [2.24, 2.45) is 0 Å². The van der Waals surface area contributed by atoms with Gasteiger partial charge in [0.2, 0.25) is 0 Å². The topological polar surface area (TPSA) is 184 Å².